The maximum absolute atomic E-state index is 11.7. The van der Waals surface area contributed by atoms with Crippen LogP contribution in [0, 0.1) is 5.92 Å². The maximum Gasteiger partial charge on any atom is 0.508 e. The summed E-state index contributed by atoms with van der Waals surface area (Å²) in [6.07, 6.45) is -0.615. The van der Waals surface area contributed by atoms with Crippen molar-refractivity contribution in [2.45, 2.75) is 27.1 Å². The number of rotatable bonds is 5. The molecule has 0 fully saturated rings. The van der Waals surface area contributed by atoms with Crippen LogP contribution in [0.25, 0.3) is 43.1 Å². The Bertz CT molecular complexity index is 1650. The molecule has 1 N–H and O–H groups in total. The summed E-state index contributed by atoms with van der Waals surface area (Å²) in [5.74, 6) is 0.293. The van der Waals surface area contributed by atoms with Gasteiger partial charge in [-0.2, -0.15) is 0 Å². The summed E-state index contributed by atoms with van der Waals surface area (Å²) in [6, 6.07) is 37.0. The van der Waals surface area contributed by atoms with Crippen molar-refractivity contribution in [3.63, 3.8) is 0 Å². The molecule has 0 saturated carbocycles. The van der Waals surface area contributed by atoms with Gasteiger partial charge in [0.2, 0.25) is 0 Å². The molecule has 6 aromatic carbocycles. The molecule has 0 saturated heterocycles. The Balaban J connectivity index is 0.000000168. The topological polar surface area (TPSA) is 55.8 Å². The highest BCUT2D eigenvalue weighted by Crippen LogP contribution is 2.30. The minimum Gasteiger partial charge on any atom is -0.434 e. The molecule has 0 amide bonds. The van der Waals surface area contributed by atoms with Crippen molar-refractivity contribution < 1.29 is 19.4 Å². The Labute approximate surface area is 228 Å². The van der Waals surface area contributed by atoms with E-state index < -0.39 is 6.16 Å². The van der Waals surface area contributed by atoms with Gasteiger partial charge in [-0.15, -0.1) is 0 Å². The predicted octanol–water partition coefficient (Wildman–Crippen LogP) is 8.79. The van der Waals surface area contributed by atoms with Crippen LogP contribution in [0.15, 0.2) is 109 Å². The third kappa shape index (κ3) is 5.87. The van der Waals surface area contributed by atoms with Gasteiger partial charge in [0.15, 0.2) is 0 Å². The van der Waals surface area contributed by atoms with E-state index in [1.54, 1.807) is 0 Å². The summed E-state index contributed by atoms with van der Waals surface area (Å²) < 4.78 is 10.4. The SMILES string of the molecule is CC(C)COC(=O)OCc1c2ccccc2cc2ccccc12.OCc1c2ccccc2cc2ccccc12. The van der Waals surface area contributed by atoms with Gasteiger partial charge in [-0.25, -0.2) is 4.79 Å². The number of fused-ring (bicyclic) bond motifs is 4. The summed E-state index contributed by atoms with van der Waals surface area (Å²) in [7, 11) is 0. The van der Waals surface area contributed by atoms with Crippen LogP contribution in [0.3, 0.4) is 0 Å². The Morgan fingerprint density at radius 3 is 1.38 bits per heavy atom. The molecule has 39 heavy (non-hydrogen) atoms. The summed E-state index contributed by atoms with van der Waals surface area (Å²) >= 11 is 0. The highest BCUT2D eigenvalue weighted by atomic mass is 16.7. The lowest BCUT2D eigenvalue weighted by Crippen LogP contribution is -2.11. The first-order chi connectivity index (χ1) is 19.0. The average Bonchev–Trinajstić information content (AvgIpc) is 2.97. The molecule has 4 nitrogen and oxygen atoms in total. The molecule has 0 aliphatic carbocycles. The standard InChI is InChI=1S/C20H20O3.C15H12O/c1-14(2)12-22-20(21)23-13-19-17-9-5-3-7-15(17)11-16-8-4-6-10-18(16)19;16-10-15-13-7-3-1-5-11(13)9-12-6-2-4-8-14(12)15/h3-11,14H,12-13H2,1-2H3;1-9,16H,10H2. The van der Waals surface area contributed by atoms with E-state index in [0.717, 1.165) is 43.4 Å². The largest absolute Gasteiger partial charge is 0.508 e. The molecule has 0 heterocycles. The number of hydrogen-bond acceptors (Lipinski definition) is 4. The second-order valence-corrected chi connectivity index (χ2v) is 10.00. The van der Waals surface area contributed by atoms with Gasteiger partial charge in [-0.05, 0) is 66.7 Å². The molecule has 6 rings (SSSR count). The number of benzene rings is 6. The molecule has 4 heteroatoms. The second-order valence-electron chi connectivity index (χ2n) is 10.00. The molecule has 0 aromatic heterocycles. The minimum absolute atomic E-state index is 0.0852. The Morgan fingerprint density at radius 1 is 0.615 bits per heavy atom. The molecule has 0 aliphatic rings. The number of aliphatic hydroxyl groups excluding tert-OH is 1. The van der Waals surface area contributed by atoms with Gasteiger partial charge < -0.3 is 14.6 Å². The lowest BCUT2D eigenvalue weighted by molar-refractivity contribution is 0.0430. The quantitative estimate of drug-likeness (QED) is 0.184. The molecular weight excluding hydrogens is 484 g/mol. The van der Waals surface area contributed by atoms with Crippen LogP contribution in [0.2, 0.25) is 0 Å². The van der Waals surface area contributed by atoms with E-state index in [9.17, 15) is 9.90 Å². The number of aliphatic hydroxyl groups is 1. The molecule has 0 radical (unpaired) electrons. The zero-order chi connectivity index (χ0) is 27.2. The third-order valence-electron chi connectivity index (χ3n) is 6.79. The van der Waals surface area contributed by atoms with Crippen LogP contribution in [0.5, 0.6) is 0 Å². The van der Waals surface area contributed by atoms with Gasteiger partial charge >= 0.3 is 6.16 Å². The molecule has 0 atom stereocenters. The second kappa shape index (κ2) is 12.0. The van der Waals surface area contributed by atoms with E-state index in [4.69, 9.17) is 9.47 Å². The van der Waals surface area contributed by atoms with Gasteiger partial charge in [0.1, 0.15) is 6.61 Å². The Hall–Kier alpha value is -4.41. The molecule has 0 spiro atoms. The highest BCUT2D eigenvalue weighted by Gasteiger charge is 2.11. The molecule has 0 aliphatic heterocycles. The number of ether oxygens (including phenoxy) is 2. The van der Waals surface area contributed by atoms with E-state index in [0.29, 0.717) is 12.5 Å². The molecule has 0 bridgehead atoms. The fraction of sp³-hybridized carbons (Fsp3) is 0.171. The normalized spacial score (nSPS) is 11.1. The summed E-state index contributed by atoms with van der Waals surface area (Å²) in [6.45, 7) is 4.65. The van der Waals surface area contributed by atoms with Gasteiger partial charge in [0.05, 0.1) is 13.2 Å². The van der Waals surface area contributed by atoms with Crippen LogP contribution >= 0.6 is 0 Å². The summed E-state index contributed by atoms with van der Waals surface area (Å²) in [5.41, 5.74) is 2.04. The fourth-order valence-corrected chi connectivity index (χ4v) is 4.95. The van der Waals surface area contributed by atoms with Crippen molar-refractivity contribution in [1.82, 2.24) is 0 Å². The first kappa shape index (κ1) is 26.2. The van der Waals surface area contributed by atoms with Crippen molar-refractivity contribution in [2.75, 3.05) is 6.61 Å². The van der Waals surface area contributed by atoms with Crippen LogP contribution in [-0.4, -0.2) is 17.9 Å². The molecule has 196 valence electrons. The maximum atomic E-state index is 11.7. The van der Waals surface area contributed by atoms with Crippen LogP contribution in [-0.2, 0) is 22.7 Å². The van der Waals surface area contributed by atoms with Crippen LogP contribution in [0.1, 0.15) is 25.0 Å². The third-order valence-corrected chi connectivity index (χ3v) is 6.79. The van der Waals surface area contributed by atoms with Gasteiger partial charge in [0.25, 0.3) is 0 Å². The Morgan fingerprint density at radius 2 is 1.00 bits per heavy atom. The zero-order valence-electron chi connectivity index (χ0n) is 22.3. The van der Waals surface area contributed by atoms with Crippen molar-refractivity contribution in [3.05, 3.63) is 120 Å². The Kier molecular flexibility index (Phi) is 8.04. The monoisotopic (exact) mass is 516 g/mol. The lowest BCUT2D eigenvalue weighted by atomic mass is 9.97. The van der Waals surface area contributed by atoms with Gasteiger partial charge in [0, 0.05) is 5.56 Å². The van der Waals surface area contributed by atoms with E-state index in [-0.39, 0.29) is 13.2 Å². The molecule has 6 aromatic rings. The number of carbonyl (C=O) groups excluding carboxylic acids is 1. The van der Waals surface area contributed by atoms with Crippen LogP contribution < -0.4 is 0 Å². The zero-order valence-corrected chi connectivity index (χ0v) is 22.3. The highest BCUT2D eigenvalue weighted by molar-refractivity contribution is 6.03. The first-order valence-electron chi connectivity index (χ1n) is 13.2. The molecule has 0 unspecified atom stereocenters. The lowest BCUT2D eigenvalue weighted by Gasteiger charge is -2.12. The number of carbonyl (C=O) groups is 1. The van der Waals surface area contributed by atoms with Crippen molar-refractivity contribution in [1.29, 1.82) is 0 Å². The average molecular weight is 517 g/mol. The van der Waals surface area contributed by atoms with Crippen molar-refractivity contribution >= 4 is 49.2 Å². The van der Waals surface area contributed by atoms with E-state index in [2.05, 4.69) is 60.7 Å². The first-order valence-corrected chi connectivity index (χ1v) is 13.2. The van der Waals surface area contributed by atoms with E-state index >= 15 is 0 Å². The van der Waals surface area contributed by atoms with Gasteiger partial charge in [-0.3, -0.25) is 0 Å². The fourth-order valence-electron chi connectivity index (χ4n) is 4.95. The van der Waals surface area contributed by atoms with E-state index in [1.165, 1.54) is 10.8 Å². The van der Waals surface area contributed by atoms with E-state index in [1.807, 2.05) is 62.4 Å². The van der Waals surface area contributed by atoms with Gasteiger partial charge in [-0.1, -0.05) is 111 Å². The van der Waals surface area contributed by atoms with Crippen molar-refractivity contribution in [2.24, 2.45) is 5.92 Å². The summed E-state index contributed by atoms with van der Waals surface area (Å²) in [4.78, 5) is 11.7. The number of hydrogen-bond donors (Lipinski definition) is 1. The smallest absolute Gasteiger partial charge is 0.434 e. The van der Waals surface area contributed by atoms with Crippen LogP contribution in [0.4, 0.5) is 4.79 Å². The predicted molar refractivity (Wildman–Crippen MR) is 160 cm³/mol. The minimum atomic E-state index is -0.615. The molecular formula is C35H32O4. The summed E-state index contributed by atoms with van der Waals surface area (Å²) in [5, 5.41) is 18.7. The van der Waals surface area contributed by atoms with Crippen molar-refractivity contribution in [3.8, 4) is 0 Å².